The SMILES string of the molecule is C[C@H]1CC[C@@H]2O[C@@H]3C[C@@]2(O1)[C@H]1O[C@H]1[C@H]3O. The van der Waals surface area contributed by atoms with Crippen molar-refractivity contribution < 1.29 is 19.3 Å². The maximum atomic E-state index is 9.91. The van der Waals surface area contributed by atoms with E-state index in [0.29, 0.717) is 6.10 Å². The van der Waals surface area contributed by atoms with Gasteiger partial charge in [0.1, 0.15) is 23.9 Å². The van der Waals surface area contributed by atoms with Crippen molar-refractivity contribution in [1.29, 1.82) is 0 Å². The zero-order chi connectivity index (χ0) is 10.2. The molecule has 3 heterocycles. The summed E-state index contributed by atoms with van der Waals surface area (Å²) in [5, 5.41) is 9.91. The van der Waals surface area contributed by atoms with Crippen molar-refractivity contribution in [1.82, 2.24) is 0 Å². The number of ether oxygens (including phenoxy) is 3. The van der Waals surface area contributed by atoms with Crippen molar-refractivity contribution in [2.75, 3.05) is 0 Å². The average Bonchev–Trinajstić information content (AvgIpc) is 2.93. The third kappa shape index (κ3) is 0.965. The number of fused-ring (bicyclic) bond motifs is 2. The smallest absolute Gasteiger partial charge is 0.126 e. The predicted octanol–water partition coefficient (Wildman–Crippen LogP) is 0.223. The van der Waals surface area contributed by atoms with Crippen LogP contribution in [0.2, 0.25) is 0 Å². The van der Waals surface area contributed by atoms with Crippen molar-refractivity contribution in [3.8, 4) is 0 Å². The quantitative estimate of drug-likeness (QED) is 0.584. The van der Waals surface area contributed by atoms with E-state index in [-0.39, 0.29) is 30.0 Å². The predicted molar refractivity (Wildman–Crippen MR) is 50.5 cm³/mol. The lowest BCUT2D eigenvalue weighted by Crippen LogP contribution is -2.54. The van der Waals surface area contributed by atoms with E-state index >= 15 is 0 Å². The number of hydrogen-bond acceptors (Lipinski definition) is 4. The molecule has 4 aliphatic rings. The molecule has 4 fully saturated rings. The zero-order valence-corrected chi connectivity index (χ0v) is 8.76. The Morgan fingerprint density at radius 2 is 2.13 bits per heavy atom. The van der Waals surface area contributed by atoms with Gasteiger partial charge >= 0.3 is 0 Å². The molecule has 3 saturated heterocycles. The van der Waals surface area contributed by atoms with Gasteiger partial charge in [0, 0.05) is 6.42 Å². The van der Waals surface area contributed by atoms with Gasteiger partial charge in [-0.25, -0.2) is 0 Å². The van der Waals surface area contributed by atoms with Gasteiger partial charge in [0.15, 0.2) is 0 Å². The third-order valence-corrected chi connectivity index (χ3v) is 4.38. The van der Waals surface area contributed by atoms with E-state index in [1.807, 2.05) is 0 Å². The largest absolute Gasteiger partial charge is 0.388 e. The molecule has 15 heavy (non-hydrogen) atoms. The minimum atomic E-state index is -0.440. The van der Waals surface area contributed by atoms with Gasteiger partial charge in [-0.1, -0.05) is 0 Å². The summed E-state index contributed by atoms with van der Waals surface area (Å²) in [5.74, 6) is 0. The van der Waals surface area contributed by atoms with E-state index in [9.17, 15) is 5.11 Å². The van der Waals surface area contributed by atoms with Crippen molar-refractivity contribution in [3.63, 3.8) is 0 Å². The van der Waals surface area contributed by atoms with Crippen LogP contribution in [-0.2, 0) is 14.2 Å². The van der Waals surface area contributed by atoms with Crippen LogP contribution in [0.5, 0.6) is 0 Å². The van der Waals surface area contributed by atoms with Crippen LogP contribution >= 0.6 is 0 Å². The fourth-order valence-electron chi connectivity index (χ4n) is 3.63. The summed E-state index contributed by atoms with van der Waals surface area (Å²) in [5.41, 5.74) is -0.230. The lowest BCUT2D eigenvalue weighted by Gasteiger charge is -2.40. The first kappa shape index (κ1) is 8.93. The Bertz CT molecular complexity index is 307. The molecular weight excluding hydrogens is 196 g/mol. The van der Waals surface area contributed by atoms with Crippen LogP contribution in [-0.4, -0.2) is 47.3 Å². The molecule has 1 saturated carbocycles. The molecule has 0 radical (unpaired) electrons. The molecule has 84 valence electrons. The van der Waals surface area contributed by atoms with Gasteiger partial charge in [-0.15, -0.1) is 0 Å². The Balaban J connectivity index is 1.72. The molecule has 0 aromatic heterocycles. The third-order valence-electron chi connectivity index (χ3n) is 4.38. The highest BCUT2D eigenvalue weighted by Crippen LogP contribution is 2.56. The van der Waals surface area contributed by atoms with E-state index in [1.54, 1.807) is 0 Å². The topological polar surface area (TPSA) is 51.2 Å². The van der Waals surface area contributed by atoms with Crippen molar-refractivity contribution in [2.45, 2.75) is 68.4 Å². The summed E-state index contributed by atoms with van der Waals surface area (Å²) in [6.45, 7) is 2.11. The molecule has 4 nitrogen and oxygen atoms in total. The molecule has 3 aliphatic heterocycles. The van der Waals surface area contributed by atoms with Gasteiger partial charge in [0.2, 0.25) is 0 Å². The number of hydrogen-bond donors (Lipinski definition) is 1. The van der Waals surface area contributed by atoms with Crippen molar-refractivity contribution in [3.05, 3.63) is 0 Å². The van der Waals surface area contributed by atoms with Crippen LogP contribution in [0.1, 0.15) is 26.2 Å². The Kier molecular flexibility index (Phi) is 1.53. The molecule has 4 rings (SSSR count). The Morgan fingerprint density at radius 1 is 1.27 bits per heavy atom. The highest BCUT2D eigenvalue weighted by molar-refractivity contribution is 5.20. The molecule has 7 atom stereocenters. The van der Waals surface area contributed by atoms with Crippen molar-refractivity contribution >= 4 is 0 Å². The van der Waals surface area contributed by atoms with Gasteiger partial charge in [-0.3, -0.25) is 0 Å². The number of epoxide rings is 1. The van der Waals surface area contributed by atoms with E-state index in [1.165, 1.54) is 0 Å². The van der Waals surface area contributed by atoms with Crippen LogP contribution in [0.15, 0.2) is 0 Å². The summed E-state index contributed by atoms with van der Waals surface area (Å²) in [6.07, 6.45) is 2.88. The molecule has 2 bridgehead atoms. The second kappa shape index (κ2) is 2.56. The summed E-state index contributed by atoms with van der Waals surface area (Å²) in [6, 6.07) is 0. The minimum Gasteiger partial charge on any atom is -0.388 e. The lowest BCUT2D eigenvalue weighted by atomic mass is 9.78. The second-order valence-corrected chi connectivity index (χ2v) is 5.34. The first-order valence-corrected chi connectivity index (χ1v) is 5.87. The van der Waals surface area contributed by atoms with Crippen LogP contribution in [0.25, 0.3) is 0 Å². The fourth-order valence-corrected chi connectivity index (χ4v) is 3.63. The van der Waals surface area contributed by atoms with E-state index in [4.69, 9.17) is 14.2 Å². The normalized spacial score (nSPS) is 66.0. The van der Waals surface area contributed by atoms with E-state index in [0.717, 1.165) is 19.3 Å². The first-order chi connectivity index (χ1) is 7.21. The molecular formula is C11H16O4. The Labute approximate surface area is 88.5 Å². The molecule has 1 aliphatic carbocycles. The van der Waals surface area contributed by atoms with Crippen LogP contribution in [0, 0.1) is 0 Å². The van der Waals surface area contributed by atoms with Gasteiger partial charge in [0.25, 0.3) is 0 Å². The summed E-state index contributed by atoms with van der Waals surface area (Å²) >= 11 is 0. The van der Waals surface area contributed by atoms with Crippen molar-refractivity contribution in [2.24, 2.45) is 0 Å². The van der Waals surface area contributed by atoms with E-state index < -0.39 is 6.10 Å². The summed E-state index contributed by atoms with van der Waals surface area (Å²) in [4.78, 5) is 0. The molecule has 1 N–H and O–H groups in total. The number of rotatable bonds is 0. The first-order valence-electron chi connectivity index (χ1n) is 5.87. The second-order valence-electron chi connectivity index (χ2n) is 5.34. The van der Waals surface area contributed by atoms with Gasteiger partial charge in [0.05, 0.1) is 18.3 Å². The van der Waals surface area contributed by atoms with Crippen LogP contribution < -0.4 is 0 Å². The Hall–Kier alpha value is -0.160. The lowest BCUT2D eigenvalue weighted by molar-refractivity contribution is -0.169. The number of aliphatic hydroxyl groups is 1. The molecule has 0 aromatic carbocycles. The van der Waals surface area contributed by atoms with Gasteiger partial charge in [-0.2, -0.15) is 0 Å². The average molecular weight is 212 g/mol. The van der Waals surface area contributed by atoms with Gasteiger partial charge < -0.3 is 19.3 Å². The Morgan fingerprint density at radius 3 is 3.00 bits per heavy atom. The summed E-state index contributed by atoms with van der Waals surface area (Å²) < 4.78 is 17.6. The fraction of sp³-hybridized carbons (Fsp3) is 1.00. The van der Waals surface area contributed by atoms with Crippen LogP contribution in [0.3, 0.4) is 0 Å². The molecule has 0 aromatic rings. The highest BCUT2D eigenvalue weighted by atomic mass is 16.7. The van der Waals surface area contributed by atoms with Crippen LogP contribution in [0.4, 0.5) is 0 Å². The molecule has 0 unspecified atom stereocenters. The summed E-state index contributed by atoms with van der Waals surface area (Å²) in [7, 11) is 0. The van der Waals surface area contributed by atoms with Gasteiger partial charge in [-0.05, 0) is 19.8 Å². The highest BCUT2D eigenvalue weighted by Gasteiger charge is 2.72. The molecule has 4 heteroatoms. The standard InChI is InChI=1S/C11H16O4/c1-5-2-3-7-11(15-5)4-6(13-7)8(12)9-10(11)14-9/h5-10,12H,2-4H2,1H3/t5-,6+,7-,8-,9-,10-,11-/m0/s1. The van der Waals surface area contributed by atoms with E-state index in [2.05, 4.69) is 6.92 Å². The maximum absolute atomic E-state index is 9.91. The number of aliphatic hydroxyl groups excluding tert-OH is 1. The maximum Gasteiger partial charge on any atom is 0.126 e. The monoisotopic (exact) mass is 212 g/mol. The zero-order valence-electron chi connectivity index (χ0n) is 8.76. The molecule has 0 amide bonds. The molecule has 1 spiro atoms. The minimum absolute atomic E-state index is 0.0287.